The maximum Gasteiger partial charge on any atom is 0.338 e. The van der Waals surface area contributed by atoms with Crippen LogP contribution in [0, 0.1) is 0 Å². The van der Waals surface area contributed by atoms with Crippen molar-refractivity contribution in [3.05, 3.63) is 101 Å². The average Bonchev–Trinajstić information content (AvgIpc) is 3.35. The van der Waals surface area contributed by atoms with Crippen molar-refractivity contribution in [3.63, 3.8) is 0 Å². The summed E-state index contributed by atoms with van der Waals surface area (Å²) in [5, 5.41) is 15.1. The van der Waals surface area contributed by atoms with Crippen LogP contribution in [-0.2, 0) is 26.2 Å². The van der Waals surface area contributed by atoms with E-state index in [4.69, 9.17) is 4.74 Å². The Kier molecular flexibility index (Phi) is 6.45. The smallest absolute Gasteiger partial charge is 0.338 e. The number of aromatic nitrogens is 4. The van der Waals surface area contributed by atoms with Gasteiger partial charge < -0.3 is 10.1 Å². The highest BCUT2D eigenvalue weighted by Gasteiger charge is 2.36. The number of nitrogens with zero attached hydrogens (tertiary/aromatic N) is 4. The van der Waals surface area contributed by atoms with Gasteiger partial charge >= 0.3 is 5.97 Å². The monoisotopic (exact) mass is 516 g/mol. The first-order valence-electron chi connectivity index (χ1n) is 11.4. The lowest BCUT2D eigenvalue weighted by Gasteiger charge is -2.29. The molecule has 11 heteroatoms. The first-order chi connectivity index (χ1) is 17.8. The van der Waals surface area contributed by atoms with Crippen LogP contribution in [0.1, 0.15) is 24.1 Å². The molecule has 0 spiro atoms. The van der Waals surface area contributed by atoms with Crippen LogP contribution in [0.25, 0.3) is 11.1 Å². The molecule has 37 heavy (non-hydrogen) atoms. The molecule has 2 heterocycles. The van der Waals surface area contributed by atoms with Crippen molar-refractivity contribution < 1.29 is 17.9 Å². The minimum Gasteiger partial charge on any atom is -0.457 e. The van der Waals surface area contributed by atoms with Crippen LogP contribution in [0.3, 0.4) is 0 Å². The second kappa shape index (κ2) is 9.86. The summed E-state index contributed by atoms with van der Waals surface area (Å²) in [4.78, 5) is 13.5. The van der Waals surface area contributed by atoms with Crippen molar-refractivity contribution in [2.45, 2.75) is 19.6 Å². The molecule has 0 aliphatic carbocycles. The van der Waals surface area contributed by atoms with E-state index in [1.54, 1.807) is 23.7 Å². The lowest BCUT2D eigenvalue weighted by atomic mass is 9.89. The average molecular weight is 517 g/mol. The lowest BCUT2D eigenvalue weighted by Crippen LogP contribution is -2.30. The summed E-state index contributed by atoms with van der Waals surface area (Å²) in [5.74, 6) is -0.0767. The maximum absolute atomic E-state index is 13.5. The van der Waals surface area contributed by atoms with Gasteiger partial charge in [-0.2, -0.15) is 4.68 Å². The Labute approximate surface area is 214 Å². The fourth-order valence-corrected chi connectivity index (χ4v) is 4.86. The van der Waals surface area contributed by atoms with Crippen LogP contribution in [0.4, 0.5) is 11.6 Å². The van der Waals surface area contributed by atoms with Crippen LogP contribution in [0.5, 0.6) is 0 Å². The van der Waals surface area contributed by atoms with Crippen molar-refractivity contribution in [1.82, 2.24) is 20.2 Å². The molecule has 3 aromatic carbocycles. The van der Waals surface area contributed by atoms with Gasteiger partial charge in [-0.15, -0.1) is 0 Å². The standard InChI is InChI=1S/C26H24N6O4S/c1-17-23(25(33)36-16-18-8-4-3-5-9-18)24(32-26(27-17)28-30-31-32)22-11-7-6-10-21(22)19-12-14-20(15-13-19)29-37(2,34)35/h3-15,24,29H,16H2,1-2H3,(H,27,28,31). The molecule has 4 aromatic rings. The van der Waals surface area contributed by atoms with Gasteiger partial charge in [0, 0.05) is 11.4 Å². The molecule has 0 amide bonds. The Morgan fingerprint density at radius 1 is 1.03 bits per heavy atom. The van der Waals surface area contributed by atoms with Crippen molar-refractivity contribution in [3.8, 4) is 11.1 Å². The van der Waals surface area contributed by atoms with E-state index in [1.807, 2.05) is 66.7 Å². The molecule has 1 atom stereocenters. The number of sulfonamides is 1. The fourth-order valence-electron chi connectivity index (χ4n) is 4.30. The van der Waals surface area contributed by atoms with E-state index in [9.17, 15) is 13.2 Å². The van der Waals surface area contributed by atoms with Crippen LogP contribution in [0.2, 0.25) is 0 Å². The second-order valence-electron chi connectivity index (χ2n) is 8.61. The Morgan fingerprint density at radius 2 is 1.73 bits per heavy atom. The summed E-state index contributed by atoms with van der Waals surface area (Å²) in [5.41, 5.74) is 4.76. The molecule has 1 aliphatic rings. The topological polar surface area (TPSA) is 128 Å². The number of benzene rings is 3. The van der Waals surface area contributed by atoms with Gasteiger partial charge in [-0.05, 0) is 51.7 Å². The zero-order valence-electron chi connectivity index (χ0n) is 20.1. The number of carbonyl (C=O) groups is 1. The number of nitrogens with one attached hydrogen (secondary N) is 2. The van der Waals surface area contributed by atoms with Gasteiger partial charge in [0.2, 0.25) is 16.0 Å². The quantitative estimate of drug-likeness (QED) is 0.356. The summed E-state index contributed by atoms with van der Waals surface area (Å²) in [7, 11) is -3.40. The first-order valence-corrected chi connectivity index (χ1v) is 13.3. The number of hydrogen-bond acceptors (Lipinski definition) is 8. The second-order valence-corrected chi connectivity index (χ2v) is 10.4. The number of anilines is 2. The van der Waals surface area contributed by atoms with E-state index in [-0.39, 0.29) is 6.61 Å². The normalized spacial score (nSPS) is 15.0. The highest BCUT2D eigenvalue weighted by atomic mass is 32.2. The number of rotatable bonds is 7. The molecule has 0 bridgehead atoms. The van der Waals surface area contributed by atoms with Crippen LogP contribution in [-0.4, -0.2) is 40.9 Å². The van der Waals surface area contributed by atoms with E-state index in [0.717, 1.165) is 28.5 Å². The summed E-state index contributed by atoms with van der Waals surface area (Å²) in [6.45, 7) is 1.92. The zero-order valence-corrected chi connectivity index (χ0v) is 20.9. The molecule has 0 saturated carbocycles. The highest BCUT2D eigenvalue weighted by molar-refractivity contribution is 7.92. The predicted molar refractivity (Wildman–Crippen MR) is 139 cm³/mol. The van der Waals surface area contributed by atoms with Crippen molar-refractivity contribution in [1.29, 1.82) is 0 Å². The molecule has 0 radical (unpaired) electrons. The summed E-state index contributed by atoms with van der Waals surface area (Å²) in [6.07, 6.45) is 1.10. The SMILES string of the molecule is CC1=C(C(=O)OCc2ccccc2)C(c2ccccc2-c2ccc(NS(C)(=O)=O)cc2)n2nnnc2N1. The largest absolute Gasteiger partial charge is 0.457 e. The van der Waals surface area contributed by atoms with Crippen LogP contribution in [0.15, 0.2) is 90.1 Å². The van der Waals surface area contributed by atoms with E-state index >= 15 is 0 Å². The summed E-state index contributed by atoms with van der Waals surface area (Å²) >= 11 is 0. The maximum atomic E-state index is 13.5. The number of ether oxygens (including phenoxy) is 1. The molecular formula is C26H24N6O4S. The lowest BCUT2D eigenvalue weighted by molar-refractivity contribution is -0.140. The number of esters is 1. The van der Waals surface area contributed by atoms with Gasteiger partial charge in [0.05, 0.1) is 11.8 Å². The highest BCUT2D eigenvalue weighted by Crippen LogP contribution is 2.39. The third-order valence-electron chi connectivity index (χ3n) is 5.90. The van der Waals surface area contributed by atoms with Gasteiger partial charge in [-0.3, -0.25) is 4.72 Å². The van der Waals surface area contributed by atoms with Gasteiger partial charge in [-0.25, -0.2) is 13.2 Å². The molecular weight excluding hydrogens is 492 g/mol. The molecule has 10 nitrogen and oxygen atoms in total. The Hall–Kier alpha value is -4.51. The zero-order chi connectivity index (χ0) is 26.0. The van der Waals surface area contributed by atoms with E-state index in [0.29, 0.717) is 22.9 Å². The number of carbonyl (C=O) groups excluding carboxylic acids is 1. The molecule has 0 saturated heterocycles. The minimum absolute atomic E-state index is 0.127. The van der Waals surface area contributed by atoms with Crippen LogP contribution < -0.4 is 10.0 Å². The third-order valence-corrected chi connectivity index (χ3v) is 6.51. The molecule has 2 N–H and O–H groups in total. The summed E-state index contributed by atoms with van der Waals surface area (Å²) in [6, 6.07) is 23.4. The minimum atomic E-state index is -3.40. The predicted octanol–water partition coefficient (Wildman–Crippen LogP) is 3.74. The van der Waals surface area contributed by atoms with E-state index in [1.165, 1.54) is 0 Å². The number of fused-ring (bicyclic) bond motifs is 1. The van der Waals surface area contributed by atoms with Crippen LogP contribution >= 0.6 is 0 Å². The van der Waals surface area contributed by atoms with Crippen molar-refractivity contribution in [2.75, 3.05) is 16.3 Å². The third kappa shape index (κ3) is 5.21. The van der Waals surface area contributed by atoms with E-state index < -0.39 is 22.0 Å². The Morgan fingerprint density at radius 3 is 2.46 bits per heavy atom. The van der Waals surface area contributed by atoms with Gasteiger partial charge in [0.15, 0.2) is 0 Å². The van der Waals surface area contributed by atoms with Gasteiger partial charge in [-0.1, -0.05) is 71.8 Å². The fraction of sp³-hybridized carbons (Fsp3) is 0.154. The number of hydrogen-bond donors (Lipinski definition) is 2. The van der Waals surface area contributed by atoms with Crippen molar-refractivity contribution in [2.24, 2.45) is 0 Å². The first kappa shape index (κ1) is 24.2. The molecule has 1 aliphatic heterocycles. The Balaban J connectivity index is 1.54. The Bertz CT molecular complexity index is 1580. The molecule has 1 aromatic heterocycles. The molecule has 188 valence electrons. The molecule has 0 fully saturated rings. The molecule has 1 unspecified atom stereocenters. The van der Waals surface area contributed by atoms with E-state index in [2.05, 4.69) is 25.6 Å². The molecule has 5 rings (SSSR count). The number of tetrazole rings is 1. The van der Waals surface area contributed by atoms with Crippen molar-refractivity contribution >= 4 is 27.6 Å². The summed E-state index contributed by atoms with van der Waals surface area (Å²) < 4.78 is 32.9. The van der Waals surface area contributed by atoms with Gasteiger partial charge in [0.25, 0.3) is 0 Å². The van der Waals surface area contributed by atoms with Gasteiger partial charge in [0.1, 0.15) is 12.6 Å². The number of allylic oxidation sites excluding steroid dienone is 1.